The molecular formula is C18H18N4O5S. The minimum atomic E-state index is -0.717. The van der Waals surface area contributed by atoms with E-state index >= 15 is 0 Å². The Morgan fingerprint density at radius 3 is 2.96 bits per heavy atom. The summed E-state index contributed by atoms with van der Waals surface area (Å²) in [4.78, 5) is 43.0. The highest BCUT2D eigenvalue weighted by Crippen LogP contribution is 2.33. The van der Waals surface area contributed by atoms with Crippen LogP contribution in [0.25, 0.3) is 0 Å². The molecule has 0 aliphatic carbocycles. The number of anilines is 1. The van der Waals surface area contributed by atoms with Crippen molar-refractivity contribution in [3.05, 3.63) is 34.8 Å². The van der Waals surface area contributed by atoms with Gasteiger partial charge in [-0.2, -0.15) is 0 Å². The average Bonchev–Trinajstić information content (AvgIpc) is 3.36. The summed E-state index contributed by atoms with van der Waals surface area (Å²) in [5.41, 5.74) is 0.755. The summed E-state index contributed by atoms with van der Waals surface area (Å²) in [6.07, 6.45) is 2.00. The Bertz CT molecular complexity index is 944. The topological polar surface area (TPSA) is 110 Å². The maximum atomic E-state index is 12.6. The largest absolute Gasteiger partial charge is 0.454 e. The van der Waals surface area contributed by atoms with Crippen LogP contribution in [0.1, 0.15) is 23.3 Å². The highest BCUT2D eigenvalue weighted by molar-refractivity contribution is 7.15. The normalized spacial score (nSPS) is 17.8. The number of amides is 4. The van der Waals surface area contributed by atoms with E-state index in [4.69, 9.17) is 9.47 Å². The molecule has 3 heterocycles. The number of carbonyl (C=O) groups is 3. The van der Waals surface area contributed by atoms with Crippen LogP contribution in [0.3, 0.4) is 0 Å². The van der Waals surface area contributed by atoms with E-state index in [-0.39, 0.29) is 38.0 Å². The van der Waals surface area contributed by atoms with Gasteiger partial charge in [-0.15, -0.1) is 11.3 Å². The minimum absolute atomic E-state index is 0.104. The number of aromatic nitrogens is 1. The van der Waals surface area contributed by atoms with Crippen molar-refractivity contribution in [3.63, 3.8) is 0 Å². The van der Waals surface area contributed by atoms with E-state index in [1.807, 2.05) is 6.92 Å². The number of nitrogens with zero attached hydrogens (tertiary/aromatic N) is 2. The highest BCUT2D eigenvalue weighted by Gasteiger charge is 2.38. The number of urea groups is 1. The number of fused-ring (bicyclic) bond motifs is 1. The minimum Gasteiger partial charge on any atom is -0.454 e. The lowest BCUT2D eigenvalue weighted by Crippen LogP contribution is -2.31. The second-order valence-electron chi connectivity index (χ2n) is 6.48. The first kappa shape index (κ1) is 18.2. The molecule has 1 aromatic carbocycles. The van der Waals surface area contributed by atoms with Crippen molar-refractivity contribution in [3.8, 4) is 11.5 Å². The Morgan fingerprint density at radius 1 is 1.36 bits per heavy atom. The molecule has 0 radical (unpaired) electrons. The van der Waals surface area contributed by atoms with E-state index in [2.05, 4.69) is 15.6 Å². The molecule has 0 spiro atoms. The number of hydrogen-bond donors (Lipinski definition) is 2. The Labute approximate surface area is 164 Å². The Morgan fingerprint density at radius 2 is 2.18 bits per heavy atom. The number of thiazole rings is 1. The van der Waals surface area contributed by atoms with E-state index in [1.54, 1.807) is 24.4 Å². The van der Waals surface area contributed by atoms with Crippen LogP contribution in [0.5, 0.6) is 11.5 Å². The Kier molecular flexibility index (Phi) is 4.86. The number of hydrogen-bond acceptors (Lipinski definition) is 7. The molecule has 146 valence electrons. The maximum Gasteiger partial charge on any atom is 0.325 e. The first-order chi connectivity index (χ1) is 13.5. The van der Waals surface area contributed by atoms with E-state index < -0.39 is 12.1 Å². The first-order valence-electron chi connectivity index (χ1n) is 8.72. The van der Waals surface area contributed by atoms with Gasteiger partial charge in [-0.1, -0.05) is 6.07 Å². The molecule has 2 aliphatic rings. The van der Waals surface area contributed by atoms with Gasteiger partial charge < -0.3 is 20.1 Å². The van der Waals surface area contributed by atoms with Gasteiger partial charge in [-0.25, -0.2) is 9.78 Å². The standard InChI is InChI=1S/C18H18N4O5S/c1-10-7-19-17(28-10)21-15(23)5-3-12-16(24)22(18(25)20-12)8-11-2-4-13-14(6-11)27-9-26-13/h2,4,6-7,12H,3,5,8-9H2,1H3,(H,20,25)(H,19,21,23). The summed E-state index contributed by atoms with van der Waals surface area (Å²) in [5, 5.41) is 5.85. The van der Waals surface area contributed by atoms with E-state index in [1.165, 1.54) is 11.3 Å². The second-order valence-corrected chi connectivity index (χ2v) is 7.71. The number of carbonyl (C=O) groups excluding carboxylic acids is 3. The fourth-order valence-corrected chi connectivity index (χ4v) is 3.69. The maximum absolute atomic E-state index is 12.6. The van der Waals surface area contributed by atoms with Crippen molar-refractivity contribution in [1.82, 2.24) is 15.2 Å². The Hall–Kier alpha value is -3.14. The van der Waals surface area contributed by atoms with Crippen molar-refractivity contribution in [2.75, 3.05) is 12.1 Å². The van der Waals surface area contributed by atoms with Gasteiger partial charge in [0.05, 0.1) is 6.54 Å². The van der Waals surface area contributed by atoms with Gasteiger partial charge in [0, 0.05) is 17.5 Å². The molecule has 2 N–H and O–H groups in total. The molecule has 10 heteroatoms. The second kappa shape index (κ2) is 7.47. The smallest absolute Gasteiger partial charge is 0.325 e. The molecule has 2 aliphatic heterocycles. The average molecular weight is 402 g/mol. The summed E-state index contributed by atoms with van der Waals surface area (Å²) in [6.45, 7) is 2.18. The van der Waals surface area contributed by atoms with Gasteiger partial charge in [-0.05, 0) is 31.0 Å². The van der Waals surface area contributed by atoms with Crippen LogP contribution >= 0.6 is 11.3 Å². The number of imide groups is 1. The molecule has 0 bridgehead atoms. The van der Waals surface area contributed by atoms with Gasteiger partial charge in [0.1, 0.15) is 6.04 Å². The van der Waals surface area contributed by atoms with Gasteiger partial charge in [0.15, 0.2) is 16.6 Å². The zero-order valence-corrected chi connectivity index (χ0v) is 15.9. The SMILES string of the molecule is Cc1cnc(NC(=O)CCC2NC(=O)N(Cc3ccc4c(c3)OCO4)C2=O)s1. The lowest BCUT2D eigenvalue weighted by molar-refractivity contribution is -0.128. The summed E-state index contributed by atoms with van der Waals surface area (Å²) < 4.78 is 10.6. The van der Waals surface area contributed by atoms with Crippen molar-refractivity contribution in [2.45, 2.75) is 32.4 Å². The Balaban J connectivity index is 1.32. The van der Waals surface area contributed by atoms with E-state index in [0.717, 1.165) is 15.3 Å². The molecule has 1 atom stereocenters. The number of nitrogens with one attached hydrogen (secondary N) is 2. The molecule has 4 amide bonds. The molecule has 2 aromatic rings. The monoisotopic (exact) mass is 402 g/mol. The van der Waals surface area contributed by atoms with Gasteiger partial charge in [0.25, 0.3) is 5.91 Å². The molecular weight excluding hydrogens is 384 g/mol. The number of rotatable bonds is 6. The lowest BCUT2D eigenvalue weighted by atomic mass is 10.1. The highest BCUT2D eigenvalue weighted by atomic mass is 32.1. The zero-order chi connectivity index (χ0) is 19.7. The van der Waals surface area contributed by atoms with Crippen LogP contribution in [0, 0.1) is 6.92 Å². The van der Waals surface area contributed by atoms with Crippen molar-refractivity contribution >= 4 is 34.3 Å². The molecule has 9 nitrogen and oxygen atoms in total. The van der Waals surface area contributed by atoms with Crippen LogP contribution in [0.2, 0.25) is 0 Å². The zero-order valence-electron chi connectivity index (χ0n) is 15.1. The molecule has 0 saturated carbocycles. The summed E-state index contributed by atoms with van der Waals surface area (Å²) in [5.74, 6) is 0.640. The summed E-state index contributed by atoms with van der Waals surface area (Å²) in [7, 11) is 0. The predicted octanol–water partition coefficient (Wildman–Crippen LogP) is 2.02. The van der Waals surface area contributed by atoms with Crippen LogP contribution in [-0.4, -0.2) is 40.6 Å². The molecule has 1 aromatic heterocycles. The first-order valence-corrected chi connectivity index (χ1v) is 9.54. The lowest BCUT2D eigenvalue weighted by Gasteiger charge is -2.13. The van der Waals surface area contributed by atoms with Crippen molar-refractivity contribution < 1.29 is 23.9 Å². The third-order valence-corrected chi connectivity index (χ3v) is 5.24. The number of benzene rings is 1. The third kappa shape index (κ3) is 3.77. The molecule has 1 fully saturated rings. The predicted molar refractivity (Wildman–Crippen MR) is 100 cm³/mol. The third-order valence-electron chi connectivity index (χ3n) is 4.41. The van der Waals surface area contributed by atoms with Crippen LogP contribution in [0.4, 0.5) is 9.93 Å². The van der Waals surface area contributed by atoms with Crippen LogP contribution in [-0.2, 0) is 16.1 Å². The van der Waals surface area contributed by atoms with Gasteiger partial charge in [-0.3, -0.25) is 14.5 Å². The summed E-state index contributed by atoms with van der Waals surface area (Å²) in [6, 6.07) is 4.09. The molecule has 1 saturated heterocycles. The molecule has 1 unspecified atom stereocenters. The van der Waals surface area contributed by atoms with Crippen LogP contribution in [0.15, 0.2) is 24.4 Å². The number of ether oxygens (including phenoxy) is 2. The fourth-order valence-electron chi connectivity index (χ4n) is 3.01. The van der Waals surface area contributed by atoms with Gasteiger partial charge in [0.2, 0.25) is 12.7 Å². The van der Waals surface area contributed by atoms with Crippen molar-refractivity contribution in [1.29, 1.82) is 0 Å². The van der Waals surface area contributed by atoms with Crippen molar-refractivity contribution in [2.24, 2.45) is 0 Å². The number of aryl methyl sites for hydroxylation is 1. The fraction of sp³-hybridized carbons (Fsp3) is 0.333. The summed E-state index contributed by atoms with van der Waals surface area (Å²) >= 11 is 1.38. The van der Waals surface area contributed by atoms with E-state index in [9.17, 15) is 14.4 Å². The molecule has 28 heavy (non-hydrogen) atoms. The van der Waals surface area contributed by atoms with E-state index in [0.29, 0.717) is 16.6 Å². The van der Waals surface area contributed by atoms with Gasteiger partial charge >= 0.3 is 6.03 Å². The quantitative estimate of drug-likeness (QED) is 0.716. The van der Waals surface area contributed by atoms with Crippen LogP contribution < -0.4 is 20.1 Å². The molecule has 4 rings (SSSR count).